The summed E-state index contributed by atoms with van der Waals surface area (Å²) in [6.07, 6.45) is 7.25. The molecule has 114 valence electrons. The van der Waals surface area contributed by atoms with Gasteiger partial charge in [0.1, 0.15) is 5.75 Å². The molecule has 3 rings (SSSR count). The molecule has 4 nitrogen and oxygen atoms in total. The Kier molecular flexibility index (Phi) is 4.07. The second-order valence-corrected chi connectivity index (χ2v) is 6.09. The molecule has 1 aromatic carbocycles. The molecule has 1 heterocycles. The van der Waals surface area contributed by atoms with E-state index in [-0.39, 0.29) is 5.78 Å². The van der Waals surface area contributed by atoms with Crippen molar-refractivity contribution in [1.29, 1.82) is 0 Å². The summed E-state index contributed by atoms with van der Waals surface area (Å²) in [4.78, 5) is 13.6. The maximum Gasteiger partial charge on any atom is 0.192 e. The number of ketones is 1. The van der Waals surface area contributed by atoms with Crippen LogP contribution in [-0.4, -0.2) is 28.9 Å². The summed E-state index contributed by atoms with van der Waals surface area (Å²) in [5, 5.41) is 4.19. The molecule has 0 saturated heterocycles. The zero-order valence-electron chi connectivity index (χ0n) is 12.9. The zero-order valence-corrected chi connectivity index (χ0v) is 13.7. The van der Waals surface area contributed by atoms with E-state index in [2.05, 4.69) is 5.10 Å². The van der Waals surface area contributed by atoms with Crippen molar-refractivity contribution >= 4 is 23.6 Å². The van der Waals surface area contributed by atoms with Crippen LogP contribution in [0.25, 0.3) is 6.08 Å². The minimum Gasteiger partial charge on any atom is -0.496 e. The van der Waals surface area contributed by atoms with Gasteiger partial charge in [0.2, 0.25) is 0 Å². The quantitative estimate of drug-likeness (QED) is 0.643. The lowest BCUT2D eigenvalue weighted by molar-refractivity contribution is 0.102. The van der Waals surface area contributed by atoms with Crippen LogP contribution in [0.4, 0.5) is 0 Å². The van der Waals surface area contributed by atoms with Gasteiger partial charge in [-0.2, -0.15) is 5.10 Å². The van der Waals surface area contributed by atoms with Crippen molar-refractivity contribution in [2.24, 2.45) is 7.05 Å². The maximum atomic E-state index is 12.6. The van der Waals surface area contributed by atoms with Crippen LogP contribution in [0, 0.1) is 0 Å². The van der Waals surface area contributed by atoms with Crippen molar-refractivity contribution < 1.29 is 9.53 Å². The van der Waals surface area contributed by atoms with Gasteiger partial charge in [-0.25, -0.2) is 0 Å². The van der Waals surface area contributed by atoms with Crippen molar-refractivity contribution in [3.63, 3.8) is 0 Å². The Morgan fingerprint density at radius 1 is 1.36 bits per heavy atom. The lowest BCUT2D eigenvalue weighted by Crippen LogP contribution is -2.14. The highest BCUT2D eigenvalue weighted by molar-refractivity contribution is 7.98. The van der Waals surface area contributed by atoms with Gasteiger partial charge in [-0.1, -0.05) is 6.07 Å². The number of hydrogen-bond donors (Lipinski definition) is 0. The summed E-state index contributed by atoms with van der Waals surface area (Å²) in [7, 11) is 3.55. The van der Waals surface area contributed by atoms with Gasteiger partial charge in [-0.3, -0.25) is 9.48 Å². The Morgan fingerprint density at radius 3 is 2.91 bits per heavy atom. The fourth-order valence-electron chi connectivity index (χ4n) is 2.77. The highest BCUT2D eigenvalue weighted by Crippen LogP contribution is 2.31. The molecule has 0 spiro atoms. The second-order valence-electron chi connectivity index (χ2n) is 5.24. The Hall–Kier alpha value is -2.01. The largest absolute Gasteiger partial charge is 0.496 e. The number of methoxy groups -OCH3 is 1. The molecule has 0 atom stereocenters. The van der Waals surface area contributed by atoms with E-state index in [0.29, 0.717) is 0 Å². The van der Waals surface area contributed by atoms with Crippen LogP contribution in [0.3, 0.4) is 0 Å². The van der Waals surface area contributed by atoms with E-state index < -0.39 is 0 Å². The number of ether oxygens (including phenoxy) is 1. The topological polar surface area (TPSA) is 44.1 Å². The number of benzene rings is 1. The van der Waals surface area contributed by atoms with Gasteiger partial charge in [0.15, 0.2) is 5.78 Å². The van der Waals surface area contributed by atoms with Crippen LogP contribution >= 0.6 is 11.8 Å². The molecule has 0 bridgehead atoms. The van der Waals surface area contributed by atoms with E-state index in [1.807, 2.05) is 37.6 Å². The first kappa shape index (κ1) is 14.9. The van der Waals surface area contributed by atoms with E-state index in [4.69, 9.17) is 4.74 Å². The highest BCUT2D eigenvalue weighted by Gasteiger charge is 2.24. The first-order valence-corrected chi connectivity index (χ1v) is 8.34. The molecule has 0 radical (unpaired) electrons. The molecule has 22 heavy (non-hydrogen) atoms. The SMILES string of the molecule is COc1cc(C=C2CCc3c(cnn3C)C2=O)ccc1SC. The zero-order chi connectivity index (χ0) is 15.7. The number of hydrogen-bond acceptors (Lipinski definition) is 4. The number of aromatic nitrogens is 2. The number of rotatable bonds is 3. The standard InChI is InChI=1S/C17H18N2O2S/c1-19-14-6-5-12(17(20)13(14)10-18-19)8-11-4-7-16(22-3)15(9-11)21-2/h4,7-10H,5-6H2,1-3H3. The van der Waals surface area contributed by atoms with Gasteiger partial charge in [0.25, 0.3) is 0 Å². The number of thioether (sulfide) groups is 1. The van der Waals surface area contributed by atoms with Crippen LogP contribution in [0.5, 0.6) is 5.75 Å². The van der Waals surface area contributed by atoms with Gasteiger partial charge in [-0.05, 0) is 42.9 Å². The Labute approximate surface area is 134 Å². The first-order valence-electron chi connectivity index (χ1n) is 7.12. The monoisotopic (exact) mass is 314 g/mol. The molecule has 0 aliphatic heterocycles. The van der Waals surface area contributed by atoms with Crippen LogP contribution in [0.15, 0.2) is 34.9 Å². The van der Waals surface area contributed by atoms with Crippen molar-refractivity contribution in [3.8, 4) is 5.75 Å². The predicted molar refractivity (Wildman–Crippen MR) is 88.6 cm³/mol. The molecule has 2 aromatic rings. The van der Waals surface area contributed by atoms with E-state index in [1.54, 1.807) is 29.8 Å². The van der Waals surface area contributed by atoms with Gasteiger partial charge >= 0.3 is 0 Å². The second kappa shape index (κ2) is 6.01. The summed E-state index contributed by atoms with van der Waals surface area (Å²) in [6.45, 7) is 0. The average molecular weight is 314 g/mol. The third-order valence-corrected chi connectivity index (χ3v) is 4.75. The van der Waals surface area contributed by atoms with Crippen molar-refractivity contribution in [3.05, 3.63) is 46.8 Å². The number of Topliss-reactive ketones (excluding diaryl/α,β-unsaturated/α-hetero) is 1. The number of carbonyl (C=O) groups is 1. The summed E-state index contributed by atoms with van der Waals surface area (Å²) >= 11 is 1.65. The number of carbonyl (C=O) groups excluding carboxylic acids is 1. The molecule has 0 saturated carbocycles. The van der Waals surface area contributed by atoms with Gasteiger partial charge in [-0.15, -0.1) is 11.8 Å². The molecule has 1 aliphatic rings. The summed E-state index contributed by atoms with van der Waals surface area (Å²) in [5.74, 6) is 0.925. The molecule has 1 aliphatic carbocycles. The third-order valence-electron chi connectivity index (χ3n) is 3.98. The highest BCUT2D eigenvalue weighted by atomic mass is 32.2. The molecule has 0 N–H and O–H groups in total. The van der Waals surface area contributed by atoms with Gasteiger partial charge in [0, 0.05) is 23.2 Å². The number of allylic oxidation sites excluding steroid dienone is 1. The predicted octanol–water partition coefficient (Wildman–Crippen LogP) is 3.36. The van der Waals surface area contributed by atoms with Crippen LogP contribution in [0.2, 0.25) is 0 Å². The number of aryl methyl sites for hydroxylation is 1. The maximum absolute atomic E-state index is 12.6. The normalized spacial score (nSPS) is 16.0. The number of fused-ring (bicyclic) bond motifs is 1. The molecule has 0 amide bonds. The summed E-state index contributed by atoms with van der Waals surface area (Å²) in [5.41, 5.74) is 3.58. The fourth-order valence-corrected chi connectivity index (χ4v) is 3.32. The lowest BCUT2D eigenvalue weighted by atomic mass is 9.90. The van der Waals surface area contributed by atoms with Gasteiger partial charge < -0.3 is 4.74 Å². The fraction of sp³-hybridized carbons (Fsp3) is 0.294. The van der Waals surface area contributed by atoms with Crippen LogP contribution in [0.1, 0.15) is 28.0 Å². The van der Waals surface area contributed by atoms with Crippen molar-refractivity contribution in [2.75, 3.05) is 13.4 Å². The van der Waals surface area contributed by atoms with Crippen molar-refractivity contribution in [2.45, 2.75) is 17.7 Å². The number of nitrogens with zero attached hydrogens (tertiary/aromatic N) is 2. The van der Waals surface area contributed by atoms with Crippen LogP contribution in [-0.2, 0) is 13.5 Å². The average Bonchev–Trinajstić information content (AvgIpc) is 2.92. The van der Waals surface area contributed by atoms with E-state index in [9.17, 15) is 4.79 Å². The van der Waals surface area contributed by atoms with Crippen LogP contribution < -0.4 is 4.74 Å². The minimum absolute atomic E-state index is 0.0854. The molecule has 0 unspecified atom stereocenters. The van der Waals surface area contributed by atoms with Gasteiger partial charge in [0.05, 0.1) is 18.9 Å². The summed E-state index contributed by atoms with van der Waals surface area (Å²) < 4.78 is 7.20. The summed E-state index contributed by atoms with van der Waals surface area (Å²) in [6, 6.07) is 6.02. The lowest BCUT2D eigenvalue weighted by Gasteiger charge is -2.15. The van der Waals surface area contributed by atoms with E-state index in [1.165, 1.54) is 0 Å². The Balaban J connectivity index is 1.95. The minimum atomic E-state index is 0.0854. The first-order chi connectivity index (χ1) is 10.6. The molecule has 0 fully saturated rings. The smallest absolute Gasteiger partial charge is 0.192 e. The molecular weight excluding hydrogens is 296 g/mol. The van der Waals surface area contributed by atoms with Crippen molar-refractivity contribution in [1.82, 2.24) is 9.78 Å². The molecular formula is C17H18N2O2S. The van der Waals surface area contributed by atoms with E-state index in [0.717, 1.165) is 45.9 Å². The molecule has 5 heteroatoms. The Morgan fingerprint density at radius 2 is 2.18 bits per heavy atom. The third kappa shape index (κ3) is 2.57. The van der Waals surface area contributed by atoms with E-state index >= 15 is 0 Å². The Bertz CT molecular complexity index is 762. The molecule has 1 aromatic heterocycles.